The smallest absolute Gasteiger partial charge is 0.220 e. The zero-order valence-electron chi connectivity index (χ0n) is 15.7. The normalized spacial score (nSPS) is 11.4. The number of carbonyl (C=O) groups is 1. The highest BCUT2D eigenvalue weighted by atomic mass is 79.9. The number of benzene rings is 2. The van der Waals surface area contributed by atoms with Gasteiger partial charge in [-0.3, -0.25) is 4.79 Å². The van der Waals surface area contributed by atoms with E-state index < -0.39 is 0 Å². The fourth-order valence-electron chi connectivity index (χ4n) is 2.88. The van der Waals surface area contributed by atoms with Gasteiger partial charge in [-0.15, -0.1) is 0 Å². The van der Waals surface area contributed by atoms with Crippen LogP contribution in [0.3, 0.4) is 0 Å². The fourth-order valence-corrected chi connectivity index (χ4v) is 3.14. The van der Waals surface area contributed by atoms with E-state index >= 15 is 0 Å². The Kier molecular flexibility index (Phi) is 6.11. The highest BCUT2D eigenvalue weighted by molar-refractivity contribution is 9.10. The average Bonchev–Trinajstić information content (AvgIpc) is 3.15. The molecule has 0 saturated carbocycles. The summed E-state index contributed by atoms with van der Waals surface area (Å²) in [7, 11) is 0. The predicted molar refractivity (Wildman–Crippen MR) is 112 cm³/mol. The van der Waals surface area contributed by atoms with Gasteiger partial charge in [0.1, 0.15) is 0 Å². The molecule has 3 rings (SSSR count). The number of aromatic nitrogens is 2. The Labute approximate surface area is 168 Å². The lowest BCUT2D eigenvalue weighted by Crippen LogP contribution is -2.36. The zero-order chi connectivity index (χ0) is 19.3. The SMILES string of the molecule is CC(C)(CNC(=O)CCc1cnn(-c2ccccc2)c1)c1ccc(Br)cc1. The summed E-state index contributed by atoms with van der Waals surface area (Å²) in [5, 5.41) is 7.44. The predicted octanol–water partition coefficient (Wildman–Crippen LogP) is 4.66. The van der Waals surface area contributed by atoms with Crippen molar-refractivity contribution in [2.45, 2.75) is 32.1 Å². The molecule has 0 fully saturated rings. The van der Waals surface area contributed by atoms with Crippen molar-refractivity contribution in [3.63, 3.8) is 0 Å². The topological polar surface area (TPSA) is 46.9 Å². The molecule has 0 aliphatic rings. The van der Waals surface area contributed by atoms with Crippen LogP contribution in [-0.2, 0) is 16.6 Å². The van der Waals surface area contributed by atoms with Crippen LogP contribution in [0.5, 0.6) is 0 Å². The molecule has 27 heavy (non-hydrogen) atoms. The van der Waals surface area contributed by atoms with Crippen LogP contribution in [0.4, 0.5) is 0 Å². The quantitative estimate of drug-likeness (QED) is 0.597. The molecule has 2 aromatic carbocycles. The highest BCUT2D eigenvalue weighted by Crippen LogP contribution is 2.24. The van der Waals surface area contributed by atoms with Crippen LogP contribution < -0.4 is 5.32 Å². The van der Waals surface area contributed by atoms with Crippen molar-refractivity contribution >= 4 is 21.8 Å². The number of rotatable bonds is 7. The monoisotopic (exact) mass is 425 g/mol. The summed E-state index contributed by atoms with van der Waals surface area (Å²) in [4.78, 5) is 12.3. The van der Waals surface area contributed by atoms with E-state index in [1.807, 2.05) is 59.5 Å². The minimum atomic E-state index is -0.117. The second-order valence-corrected chi connectivity index (χ2v) is 8.21. The third kappa shape index (κ3) is 5.30. The van der Waals surface area contributed by atoms with Crippen LogP contribution in [0.2, 0.25) is 0 Å². The lowest BCUT2D eigenvalue weighted by atomic mass is 9.84. The van der Waals surface area contributed by atoms with Gasteiger partial charge in [0, 0.05) is 29.1 Å². The van der Waals surface area contributed by atoms with Gasteiger partial charge in [-0.2, -0.15) is 5.10 Å². The largest absolute Gasteiger partial charge is 0.355 e. The Bertz CT molecular complexity index is 885. The first-order chi connectivity index (χ1) is 12.9. The van der Waals surface area contributed by atoms with E-state index in [2.05, 4.69) is 52.3 Å². The van der Waals surface area contributed by atoms with Crippen molar-refractivity contribution in [2.75, 3.05) is 6.54 Å². The molecule has 5 heteroatoms. The van der Waals surface area contributed by atoms with Crippen molar-refractivity contribution < 1.29 is 4.79 Å². The zero-order valence-corrected chi connectivity index (χ0v) is 17.2. The molecule has 0 aliphatic heterocycles. The number of halogens is 1. The Morgan fingerprint density at radius 3 is 2.52 bits per heavy atom. The van der Waals surface area contributed by atoms with Crippen LogP contribution >= 0.6 is 15.9 Å². The minimum absolute atomic E-state index is 0.0626. The van der Waals surface area contributed by atoms with Crippen LogP contribution in [0.25, 0.3) is 5.69 Å². The molecule has 4 nitrogen and oxygen atoms in total. The molecule has 1 N–H and O–H groups in total. The number of hydrogen-bond donors (Lipinski definition) is 1. The van der Waals surface area contributed by atoms with Gasteiger partial charge < -0.3 is 5.32 Å². The van der Waals surface area contributed by atoms with Crippen molar-refractivity contribution in [1.29, 1.82) is 0 Å². The molecule has 140 valence electrons. The maximum Gasteiger partial charge on any atom is 0.220 e. The van der Waals surface area contributed by atoms with E-state index in [4.69, 9.17) is 0 Å². The number of amides is 1. The number of nitrogens with zero attached hydrogens (tertiary/aromatic N) is 2. The second kappa shape index (κ2) is 8.53. The molecular weight excluding hydrogens is 402 g/mol. The van der Waals surface area contributed by atoms with Gasteiger partial charge >= 0.3 is 0 Å². The van der Waals surface area contributed by atoms with Gasteiger partial charge in [-0.05, 0) is 41.8 Å². The molecule has 0 atom stereocenters. The summed E-state index contributed by atoms with van der Waals surface area (Å²) in [6.07, 6.45) is 4.94. The first-order valence-electron chi connectivity index (χ1n) is 9.06. The van der Waals surface area contributed by atoms with Crippen LogP contribution in [-0.4, -0.2) is 22.2 Å². The molecule has 3 aromatic rings. The lowest BCUT2D eigenvalue weighted by molar-refractivity contribution is -0.121. The summed E-state index contributed by atoms with van der Waals surface area (Å²) in [5.41, 5.74) is 3.16. The summed E-state index contributed by atoms with van der Waals surface area (Å²) in [6.45, 7) is 4.89. The van der Waals surface area contributed by atoms with Crippen molar-refractivity contribution in [3.8, 4) is 5.69 Å². The van der Waals surface area contributed by atoms with Crippen LogP contribution in [0.1, 0.15) is 31.4 Å². The molecule has 0 unspecified atom stereocenters. The molecule has 0 radical (unpaired) electrons. The second-order valence-electron chi connectivity index (χ2n) is 7.30. The summed E-state index contributed by atoms with van der Waals surface area (Å²) >= 11 is 3.46. The van der Waals surface area contributed by atoms with Gasteiger partial charge in [0.2, 0.25) is 5.91 Å². The number of nitrogens with one attached hydrogen (secondary N) is 1. The maximum atomic E-state index is 12.3. The fraction of sp³-hybridized carbons (Fsp3) is 0.273. The van der Waals surface area contributed by atoms with Crippen molar-refractivity contribution in [3.05, 3.63) is 82.6 Å². The Balaban J connectivity index is 1.50. The van der Waals surface area contributed by atoms with Crippen LogP contribution in [0.15, 0.2) is 71.5 Å². The van der Waals surface area contributed by atoms with Gasteiger partial charge in [-0.25, -0.2) is 4.68 Å². The van der Waals surface area contributed by atoms with E-state index in [-0.39, 0.29) is 11.3 Å². The lowest BCUT2D eigenvalue weighted by Gasteiger charge is -2.25. The Morgan fingerprint density at radius 2 is 1.81 bits per heavy atom. The molecular formula is C22H24BrN3O. The standard InChI is InChI=1S/C22H24BrN3O/c1-22(2,18-9-11-19(23)12-10-18)16-24-21(27)13-8-17-14-25-26(15-17)20-6-4-3-5-7-20/h3-7,9-12,14-15H,8,13,16H2,1-2H3,(H,24,27). The van der Waals surface area contributed by atoms with E-state index in [0.717, 1.165) is 15.7 Å². The number of hydrogen-bond acceptors (Lipinski definition) is 2. The third-order valence-electron chi connectivity index (χ3n) is 4.65. The van der Waals surface area contributed by atoms with E-state index in [0.29, 0.717) is 19.4 Å². The first-order valence-corrected chi connectivity index (χ1v) is 9.85. The third-order valence-corrected chi connectivity index (χ3v) is 5.18. The number of carbonyl (C=O) groups excluding carboxylic acids is 1. The summed E-state index contributed by atoms with van der Waals surface area (Å²) < 4.78 is 2.89. The van der Waals surface area contributed by atoms with E-state index in [1.54, 1.807) is 0 Å². The van der Waals surface area contributed by atoms with Gasteiger partial charge in [0.15, 0.2) is 0 Å². The van der Waals surface area contributed by atoms with E-state index in [1.165, 1.54) is 5.56 Å². The van der Waals surface area contributed by atoms with E-state index in [9.17, 15) is 4.79 Å². The summed E-state index contributed by atoms with van der Waals surface area (Å²) in [5.74, 6) is 0.0626. The molecule has 0 bridgehead atoms. The maximum absolute atomic E-state index is 12.3. The van der Waals surface area contributed by atoms with Crippen molar-refractivity contribution in [1.82, 2.24) is 15.1 Å². The van der Waals surface area contributed by atoms with Gasteiger partial charge in [0.05, 0.1) is 11.9 Å². The molecule has 1 aromatic heterocycles. The summed E-state index contributed by atoms with van der Waals surface area (Å²) in [6, 6.07) is 18.2. The Hall–Kier alpha value is -2.40. The minimum Gasteiger partial charge on any atom is -0.355 e. The molecule has 0 saturated heterocycles. The molecule has 0 spiro atoms. The van der Waals surface area contributed by atoms with Crippen LogP contribution in [0, 0.1) is 0 Å². The van der Waals surface area contributed by atoms with Gasteiger partial charge in [-0.1, -0.05) is 60.1 Å². The van der Waals surface area contributed by atoms with Gasteiger partial charge in [0.25, 0.3) is 0 Å². The number of aryl methyl sites for hydroxylation is 1. The first kappa shape index (κ1) is 19.4. The molecule has 1 heterocycles. The number of para-hydroxylation sites is 1. The molecule has 1 amide bonds. The van der Waals surface area contributed by atoms with Crippen molar-refractivity contribution in [2.24, 2.45) is 0 Å². The molecule has 0 aliphatic carbocycles. The highest BCUT2D eigenvalue weighted by Gasteiger charge is 2.21. The Morgan fingerprint density at radius 1 is 1.11 bits per heavy atom. The average molecular weight is 426 g/mol.